The van der Waals surface area contributed by atoms with Gasteiger partial charge in [-0.25, -0.2) is 0 Å². The molecule has 1 fully saturated rings. The van der Waals surface area contributed by atoms with Gasteiger partial charge in [0.15, 0.2) is 11.6 Å². The van der Waals surface area contributed by atoms with Crippen LogP contribution < -0.4 is 0 Å². The molecule has 29 heavy (non-hydrogen) atoms. The smallest absolute Gasteiger partial charge is 0.258 e. The van der Waals surface area contributed by atoms with Crippen molar-refractivity contribution in [3.63, 3.8) is 0 Å². The second kappa shape index (κ2) is 7.29. The number of aliphatic hydroxyl groups is 1. The number of amides is 2. The monoisotopic (exact) mass is 401 g/mol. The average molecular weight is 401 g/mol. The summed E-state index contributed by atoms with van der Waals surface area (Å²) in [5.41, 5.74) is 0.508. The second-order valence-corrected chi connectivity index (χ2v) is 8.23. The first-order valence-electron chi connectivity index (χ1n) is 10.0. The van der Waals surface area contributed by atoms with E-state index in [0.717, 1.165) is 0 Å². The number of aromatic nitrogens is 3. The molecule has 9 nitrogen and oxygen atoms in total. The number of carbonyl (C=O) groups excluding carboxylic acids is 2. The molecule has 2 aliphatic heterocycles. The average Bonchev–Trinajstić information content (AvgIpc) is 3.35. The van der Waals surface area contributed by atoms with Crippen LogP contribution in [-0.4, -0.2) is 60.7 Å². The molecule has 2 aliphatic rings. The molecule has 4 rings (SSSR count). The maximum Gasteiger partial charge on any atom is 0.258 e. The number of carbonyl (C=O) groups is 2. The quantitative estimate of drug-likeness (QED) is 0.834. The highest BCUT2D eigenvalue weighted by molar-refractivity contribution is 5.95. The van der Waals surface area contributed by atoms with Gasteiger partial charge in [-0.3, -0.25) is 9.59 Å². The zero-order chi connectivity index (χ0) is 20.9. The minimum Gasteiger partial charge on any atom is -0.466 e. The molecule has 2 amide bonds. The van der Waals surface area contributed by atoms with Gasteiger partial charge in [0.25, 0.3) is 5.91 Å². The number of β-amino-alcohol motifs (C(OH)–C–C–N with tert-alkyl or cyclic N) is 1. The number of aryl methyl sites for hydroxylation is 2. The lowest BCUT2D eigenvalue weighted by Crippen LogP contribution is -2.41. The van der Waals surface area contributed by atoms with E-state index in [2.05, 4.69) is 10.2 Å². The summed E-state index contributed by atoms with van der Waals surface area (Å²) in [6, 6.07) is 1.37. The molecule has 2 atom stereocenters. The van der Waals surface area contributed by atoms with Crippen LogP contribution in [0.1, 0.15) is 59.8 Å². The summed E-state index contributed by atoms with van der Waals surface area (Å²) in [5.74, 6) is 2.48. The highest BCUT2D eigenvalue weighted by Crippen LogP contribution is 2.34. The Morgan fingerprint density at radius 2 is 2.00 bits per heavy atom. The summed E-state index contributed by atoms with van der Waals surface area (Å²) >= 11 is 0. The third kappa shape index (κ3) is 3.43. The molecule has 1 saturated heterocycles. The van der Waals surface area contributed by atoms with E-state index in [9.17, 15) is 14.7 Å². The molecule has 0 aromatic carbocycles. The highest BCUT2D eigenvalue weighted by atomic mass is 16.3. The van der Waals surface area contributed by atoms with Crippen LogP contribution in [0.3, 0.4) is 0 Å². The van der Waals surface area contributed by atoms with Crippen molar-refractivity contribution < 1.29 is 19.1 Å². The molecule has 2 aromatic rings. The number of hydrogen-bond acceptors (Lipinski definition) is 6. The lowest BCUT2D eigenvalue weighted by molar-refractivity contribution is -0.136. The Morgan fingerprint density at radius 3 is 2.66 bits per heavy atom. The third-order valence-corrected chi connectivity index (χ3v) is 5.70. The van der Waals surface area contributed by atoms with Crippen LogP contribution >= 0.6 is 0 Å². The van der Waals surface area contributed by atoms with E-state index in [-0.39, 0.29) is 30.3 Å². The van der Waals surface area contributed by atoms with E-state index in [0.29, 0.717) is 54.8 Å². The first-order valence-corrected chi connectivity index (χ1v) is 10.0. The van der Waals surface area contributed by atoms with Crippen LogP contribution in [0.25, 0.3) is 0 Å². The van der Waals surface area contributed by atoms with Crippen LogP contribution in [0.4, 0.5) is 0 Å². The van der Waals surface area contributed by atoms with Crippen LogP contribution in [0.5, 0.6) is 0 Å². The number of fused-ring (bicyclic) bond motifs is 1. The maximum absolute atomic E-state index is 13.2. The topological polar surface area (TPSA) is 105 Å². The Hall–Kier alpha value is -2.68. The zero-order valence-corrected chi connectivity index (χ0v) is 17.3. The van der Waals surface area contributed by atoms with Gasteiger partial charge in [0, 0.05) is 32.0 Å². The van der Waals surface area contributed by atoms with E-state index < -0.39 is 6.10 Å². The van der Waals surface area contributed by atoms with Crippen molar-refractivity contribution >= 4 is 11.8 Å². The van der Waals surface area contributed by atoms with E-state index in [1.54, 1.807) is 29.7 Å². The molecule has 0 unspecified atom stereocenters. The summed E-state index contributed by atoms with van der Waals surface area (Å²) in [4.78, 5) is 28.9. The molecule has 0 radical (unpaired) electrons. The first kappa shape index (κ1) is 19.6. The SMILES string of the molecule is Cc1cc(C(=O)N2C[C@@H](O)C[C@H]2c2nnc3n2CCN(C(=O)C(C)C)C3)c(C)o1. The molecule has 0 saturated carbocycles. The molecule has 0 spiro atoms. The van der Waals surface area contributed by atoms with Crippen LogP contribution in [0.2, 0.25) is 0 Å². The summed E-state index contributed by atoms with van der Waals surface area (Å²) in [6.07, 6.45) is -0.207. The molecular formula is C20H27N5O4. The largest absolute Gasteiger partial charge is 0.466 e. The van der Waals surface area contributed by atoms with Gasteiger partial charge in [-0.05, 0) is 19.9 Å². The molecule has 9 heteroatoms. The van der Waals surface area contributed by atoms with Crippen LogP contribution in [0, 0.1) is 19.8 Å². The fourth-order valence-electron chi connectivity index (χ4n) is 4.26. The number of rotatable bonds is 3. The minimum absolute atomic E-state index is 0.0660. The van der Waals surface area contributed by atoms with Gasteiger partial charge < -0.3 is 23.9 Å². The first-order chi connectivity index (χ1) is 13.8. The Balaban J connectivity index is 1.60. The van der Waals surface area contributed by atoms with Gasteiger partial charge in [-0.15, -0.1) is 10.2 Å². The van der Waals surface area contributed by atoms with Crippen molar-refractivity contribution in [2.24, 2.45) is 5.92 Å². The van der Waals surface area contributed by atoms with E-state index in [4.69, 9.17) is 4.42 Å². The van der Waals surface area contributed by atoms with Gasteiger partial charge in [0.2, 0.25) is 5.91 Å². The van der Waals surface area contributed by atoms with Crippen LogP contribution in [-0.2, 0) is 17.9 Å². The van der Waals surface area contributed by atoms with Crippen molar-refractivity contribution in [2.75, 3.05) is 13.1 Å². The number of furan rings is 1. The summed E-state index contributed by atoms with van der Waals surface area (Å²) in [7, 11) is 0. The van der Waals surface area contributed by atoms with Gasteiger partial charge in [-0.2, -0.15) is 0 Å². The summed E-state index contributed by atoms with van der Waals surface area (Å²) in [6.45, 7) is 9.15. The van der Waals surface area contributed by atoms with Crippen molar-refractivity contribution in [3.05, 3.63) is 34.8 Å². The van der Waals surface area contributed by atoms with E-state index >= 15 is 0 Å². The minimum atomic E-state index is -0.618. The van der Waals surface area contributed by atoms with Crippen molar-refractivity contribution in [1.29, 1.82) is 0 Å². The standard InChI is InChI=1S/C20H27N5O4/c1-11(2)19(27)23-5-6-24-17(10-23)21-22-18(24)16-8-14(26)9-25(16)20(28)15-7-12(3)29-13(15)4/h7,11,14,16,26H,5-6,8-10H2,1-4H3/t14-,16-/m0/s1. The number of nitrogens with zero attached hydrogens (tertiary/aromatic N) is 5. The van der Waals surface area contributed by atoms with E-state index in [1.807, 2.05) is 18.4 Å². The second-order valence-electron chi connectivity index (χ2n) is 8.23. The van der Waals surface area contributed by atoms with Gasteiger partial charge in [-0.1, -0.05) is 13.8 Å². The van der Waals surface area contributed by atoms with Crippen molar-refractivity contribution in [2.45, 2.75) is 59.4 Å². The molecule has 4 heterocycles. The van der Waals surface area contributed by atoms with Gasteiger partial charge >= 0.3 is 0 Å². The van der Waals surface area contributed by atoms with E-state index in [1.165, 1.54) is 0 Å². The molecule has 1 N–H and O–H groups in total. The normalized spacial score (nSPS) is 21.7. The predicted molar refractivity (Wildman–Crippen MR) is 103 cm³/mol. The third-order valence-electron chi connectivity index (χ3n) is 5.70. The molecule has 156 valence electrons. The number of hydrogen-bond donors (Lipinski definition) is 1. The lowest BCUT2D eigenvalue weighted by Gasteiger charge is -2.30. The predicted octanol–water partition coefficient (Wildman–Crippen LogP) is 1.43. The number of aliphatic hydroxyl groups excluding tert-OH is 1. The molecule has 0 aliphatic carbocycles. The summed E-state index contributed by atoms with van der Waals surface area (Å²) in [5, 5.41) is 18.9. The summed E-state index contributed by atoms with van der Waals surface area (Å²) < 4.78 is 7.50. The fourth-order valence-corrected chi connectivity index (χ4v) is 4.26. The maximum atomic E-state index is 13.2. The lowest BCUT2D eigenvalue weighted by atomic mass is 10.1. The zero-order valence-electron chi connectivity index (χ0n) is 17.3. The van der Waals surface area contributed by atoms with Crippen molar-refractivity contribution in [3.8, 4) is 0 Å². The van der Waals surface area contributed by atoms with Crippen molar-refractivity contribution in [1.82, 2.24) is 24.6 Å². The van der Waals surface area contributed by atoms with Gasteiger partial charge in [0.1, 0.15) is 11.5 Å². The highest BCUT2D eigenvalue weighted by Gasteiger charge is 2.40. The molecule has 2 aromatic heterocycles. The van der Waals surface area contributed by atoms with Gasteiger partial charge in [0.05, 0.1) is 24.3 Å². The Labute approximate surface area is 169 Å². The Morgan fingerprint density at radius 1 is 1.24 bits per heavy atom. The Kier molecular flexibility index (Phi) is 4.94. The molecule has 0 bridgehead atoms. The number of likely N-dealkylation sites (tertiary alicyclic amines) is 1. The fraction of sp³-hybridized carbons (Fsp3) is 0.600. The molecular weight excluding hydrogens is 374 g/mol. The Bertz CT molecular complexity index is 947. The van der Waals surface area contributed by atoms with Crippen LogP contribution in [0.15, 0.2) is 10.5 Å².